The summed E-state index contributed by atoms with van der Waals surface area (Å²) in [6.45, 7) is 8.30. The summed E-state index contributed by atoms with van der Waals surface area (Å²) in [7, 11) is 1.69. The number of likely N-dealkylation sites (tertiary alicyclic amines) is 1. The predicted octanol–water partition coefficient (Wildman–Crippen LogP) is 1.60. The summed E-state index contributed by atoms with van der Waals surface area (Å²) in [6, 6.07) is 0.0392. The molecule has 0 aliphatic carbocycles. The number of amides is 2. The third-order valence-corrected chi connectivity index (χ3v) is 2.92. The van der Waals surface area contributed by atoms with Gasteiger partial charge in [0, 0.05) is 26.6 Å². The minimum Gasteiger partial charge on any atom is -0.416 e. The van der Waals surface area contributed by atoms with Crippen LogP contribution in [0.4, 0.5) is 4.79 Å². The maximum atomic E-state index is 11.6. The second kappa shape index (κ2) is 5.70. The SMILES string of the molecule is C=C(C)OC(=O)N(C)[C@@H]1CCN(C(=O)CC)C1. The number of rotatable bonds is 3. The van der Waals surface area contributed by atoms with Crippen LogP contribution in [0, 0.1) is 0 Å². The summed E-state index contributed by atoms with van der Waals surface area (Å²) in [5, 5.41) is 0. The summed E-state index contributed by atoms with van der Waals surface area (Å²) < 4.78 is 4.94. The van der Waals surface area contributed by atoms with Crippen LogP contribution >= 0.6 is 0 Å². The lowest BCUT2D eigenvalue weighted by Gasteiger charge is -2.24. The number of ether oxygens (including phenoxy) is 1. The van der Waals surface area contributed by atoms with Crippen molar-refractivity contribution in [2.75, 3.05) is 20.1 Å². The highest BCUT2D eigenvalue weighted by Gasteiger charge is 2.30. The van der Waals surface area contributed by atoms with E-state index < -0.39 is 6.09 Å². The number of hydrogen-bond donors (Lipinski definition) is 0. The third kappa shape index (κ3) is 3.47. The average Bonchev–Trinajstić information content (AvgIpc) is 2.75. The third-order valence-electron chi connectivity index (χ3n) is 2.92. The first-order valence-corrected chi connectivity index (χ1v) is 5.83. The van der Waals surface area contributed by atoms with Crippen molar-refractivity contribution in [1.29, 1.82) is 0 Å². The molecule has 0 radical (unpaired) electrons. The monoisotopic (exact) mass is 240 g/mol. The first kappa shape index (κ1) is 13.5. The van der Waals surface area contributed by atoms with Gasteiger partial charge in [0.2, 0.25) is 5.91 Å². The van der Waals surface area contributed by atoms with Crippen LogP contribution in [-0.2, 0) is 9.53 Å². The van der Waals surface area contributed by atoms with Crippen molar-refractivity contribution in [3.05, 3.63) is 12.3 Å². The number of likely N-dealkylation sites (N-methyl/N-ethyl adjacent to an activating group) is 1. The van der Waals surface area contributed by atoms with Gasteiger partial charge in [0.1, 0.15) is 0 Å². The van der Waals surface area contributed by atoms with E-state index in [-0.39, 0.29) is 11.9 Å². The molecule has 0 unspecified atom stereocenters. The molecule has 0 aromatic rings. The Labute approximate surface area is 102 Å². The van der Waals surface area contributed by atoms with Crippen molar-refractivity contribution in [3.8, 4) is 0 Å². The Bertz CT molecular complexity index is 328. The Morgan fingerprint density at radius 2 is 2.18 bits per heavy atom. The molecule has 5 nitrogen and oxygen atoms in total. The fourth-order valence-corrected chi connectivity index (χ4v) is 1.88. The zero-order valence-electron chi connectivity index (χ0n) is 10.7. The van der Waals surface area contributed by atoms with Crippen LogP contribution in [0.25, 0.3) is 0 Å². The second-order valence-corrected chi connectivity index (χ2v) is 4.32. The molecule has 1 aliphatic heterocycles. The molecule has 1 fully saturated rings. The van der Waals surface area contributed by atoms with Crippen molar-refractivity contribution < 1.29 is 14.3 Å². The normalized spacial score (nSPS) is 19.0. The van der Waals surface area contributed by atoms with Gasteiger partial charge in [-0.3, -0.25) is 4.79 Å². The fraction of sp³-hybridized carbons (Fsp3) is 0.667. The molecule has 1 atom stereocenters. The Balaban J connectivity index is 2.50. The Morgan fingerprint density at radius 3 is 2.71 bits per heavy atom. The van der Waals surface area contributed by atoms with Crippen LogP contribution < -0.4 is 0 Å². The van der Waals surface area contributed by atoms with Gasteiger partial charge in [-0.25, -0.2) is 4.79 Å². The predicted molar refractivity (Wildman–Crippen MR) is 64.3 cm³/mol. The van der Waals surface area contributed by atoms with Crippen LogP contribution in [-0.4, -0.2) is 48.0 Å². The first-order chi connectivity index (χ1) is 7.95. The number of allylic oxidation sites excluding steroid dienone is 1. The quantitative estimate of drug-likeness (QED) is 0.704. The highest BCUT2D eigenvalue weighted by Crippen LogP contribution is 2.16. The van der Waals surface area contributed by atoms with Gasteiger partial charge in [0.05, 0.1) is 11.8 Å². The Morgan fingerprint density at radius 1 is 1.53 bits per heavy atom. The standard InChI is InChI=1S/C12H20N2O3/c1-5-11(15)14-7-6-10(8-14)13(4)12(16)17-9(2)3/h10H,2,5-8H2,1,3-4H3/t10-/m1/s1. The highest BCUT2D eigenvalue weighted by atomic mass is 16.6. The van der Waals surface area contributed by atoms with Crippen molar-refractivity contribution in [1.82, 2.24) is 9.80 Å². The maximum Gasteiger partial charge on any atom is 0.414 e. The molecule has 1 saturated heterocycles. The van der Waals surface area contributed by atoms with Gasteiger partial charge in [-0.05, 0) is 13.3 Å². The Hall–Kier alpha value is -1.52. The van der Waals surface area contributed by atoms with E-state index in [2.05, 4.69) is 6.58 Å². The van der Waals surface area contributed by atoms with Crippen molar-refractivity contribution in [2.45, 2.75) is 32.7 Å². The van der Waals surface area contributed by atoms with Crippen LogP contribution in [0.2, 0.25) is 0 Å². The number of nitrogens with zero attached hydrogens (tertiary/aromatic N) is 2. The van der Waals surface area contributed by atoms with E-state index in [1.54, 1.807) is 18.9 Å². The maximum absolute atomic E-state index is 11.6. The fourth-order valence-electron chi connectivity index (χ4n) is 1.88. The van der Waals surface area contributed by atoms with E-state index >= 15 is 0 Å². The Kier molecular flexibility index (Phi) is 4.54. The molecule has 0 spiro atoms. The molecule has 17 heavy (non-hydrogen) atoms. The molecule has 5 heteroatoms. The molecule has 0 aromatic carbocycles. The van der Waals surface area contributed by atoms with Gasteiger partial charge >= 0.3 is 6.09 Å². The molecule has 96 valence electrons. The molecular weight excluding hydrogens is 220 g/mol. The molecule has 0 bridgehead atoms. The smallest absolute Gasteiger partial charge is 0.414 e. The molecule has 1 heterocycles. The van der Waals surface area contributed by atoms with Crippen LogP contribution in [0.1, 0.15) is 26.7 Å². The zero-order chi connectivity index (χ0) is 13.0. The largest absolute Gasteiger partial charge is 0.416 e. The van der Waals surface area contributed by atoms with E-state index in [4.69, 9.17) is 4.74 Å². The van der Waals surface area contributed by atoms with Crippen LogP contribution in [0.5, 0.6) is 0 Å². The minimum absolute atomic E-state index is 0.0392. The van der Waals surface area contributed by atoms with Gasteiger partial charge in [-0.2, -0.15) is 0 Å². The lowest BCUT2D eigenvalue weighted by atomic mass is 10.2. The van der Waals surface area contributed by atoms with Gasteiger partial charge in [-0.1, -0.05) is 13.5 Å². The molecule has 0 N–H and O–H groups in total. The number of carbonyl (C=O) groups excluding carboxylic acids is 2. The first-order valence-electron chi connectivity index (χ1n) is 5.83. The van der Waals surface area contributed by atoms with Gasteiger partial charge in [0.25, 0.3) is 0 Å². The second-order valence-electron chi connectivity index (χ2n) is 4.32. The van der Waals surface area contributed by atoms with E-state index in [1.807, 2.05) is 6.92 Å². The molecule has 0 aromatic heterocycles. The van der Waals surface area contributed by atoms with Gasteiger partial charge < -0.3 is 14.5 Å². The molecule has 1 rings (SSSR count). The highest BCUT2D eigenvalue weighted by molar-refractivity contribution is 5.76. The summed E-state index contributed by atoms with van der Waals surface area (Å²) in [4.78, 5) is 26.5. The zero-order valence-corrected chi connectivity index (χ0v) is 10.7. The lowest BCUT2D eigenvalue weighted by molar-refractivity contribution is -0.129. The lowest BCUT2D eigenvalue weighted by Crippen LogP contribution is -2.40. The molecular formula is C12H20N2O3. The van der Waals surface area contributed by atoms with E-state index in [9.17, 15) is 9.59 Å². The van der Waals surface area contributed by atoms with E-state index in [1.165, 1.54) is 4.90 Å². The van der Waals surface area contributed by atoms with Gasteiger partial charge in [-0.15, -0.1) is 0 Å². The van der Waals surface area contributed by atoms with Crippen molar-refractivity contribution in [3.63, 3.8) is 0 Å². The number of hydrogen-bond acceptors (Lipinski definition) is 3. The average molecular weight is 240 g/mol. The summed E-state index contributed by atoms with van der Waals surface area (Å²) >= 11 is 0. The summed E-state index contributed by atoms with van der Waals surface area (Å²) in [5.74, 6) is 0.510. The van der Waals surface area contributed by atoms with Crippen molar-refractivity contribution >= 4 is 12.0 Å². The van der Waals surface area contributed by atoms with E-state index in [0.29, 0.717) is 25.3 Å². The minimum atomic E-state index is -0.409. The summed E-state index contributed by atoms with van der Waals surface area (Å²) in [6.07, 6.45) is 0.897. The molecule has 2 amide bonds. The summed E-state index contributed by atoms with van der Waals surface area (Å²) in [5.41, 5.74) is 0. The van der Waals surface area contributed by atoms with Crippen molar-refractivity contribution in [2.24, 2.45) is 0 Å². The molecule has 1 aliphatic rings. The number of carbonyl (C=O) groups is 2. The van der Waals surface area contributed by atoms with Crippen LogP contribution in [0.15, 0.2) is 12.3 Å². The van der Waals surface area contributed by atoms with Crippen LogP contribution in [0.3, 0.4) is 0 Å². The molecule has 0 saturated carbocycles. The van der Waals surface area contributed by atoms with E-state index in [0.717, 1.165) is 6.42 Å². The van der Waals surface area contributed by atoms with Gasteiger partial charge in [0.15, 0.2) is 0 Å². The topological polar surface area (TPSA) is 49.9 Å².